The standard InChI is InChI=1S/C46H50F3N3O12/c1-43(2,3)61-36(56)21-19-32(26-53)51-34(54)22-23-50-42(58)44-24-33-37-38(63-46(62-37,30-10-6-4-7-11-30)31-12-8-5-9-13-31)40(44)64-52(39(44)41(57)60-33)25-29-16-14-28(15-17-29)18-20-35(55)59-27-45(47,48)49/h4-18,20,32-33,37-40,53H,19,21-27H2,1-3H3,(H,50,58)(H,51,54)/t32-,33+,37-,38-,39-,40+,44-/m0/s1. The number of amides is 2. The second-order valence-electron chi connectivity index (χ2n) is 17.1. The highest BCUT2D eigenvalue weighted by Gasteiger charge is 2.76. The van der Waals surface area contributed by atoms with E-state index in [0.29, 0.717) is 22.3 Å². The largest absolute Gasteiger partial charge is 0.460 e. The minimum absolute atomic E-state index is 0.0157. The van der Waals surface area contributed by atoms with Crippen molar-refractivity contribution in [1.82, 2.24) is 15.7 Å². The van der Waals surface area contributed by atoms with Crippen LogP contribution in [0.15, 0.2) is 91.0 Å². The number of benzene rings is 3. The molecule has 0 unspecified atom stereocenters. The van der Waals surface area contributed by atoms with Gasteiger partial charge in [0.05, 0.1) is 19.2 Å². The van der Waals surface area contributed by atoms with Crippen molar-refractivity contribution in [3.8, 4) is 0 Å². The number of hydroxylamine groups is 2. The van der Waals surface area contributed by atoms with Crippen molar-refractivity contribution < 1.29 is 70.8 Å². The van der Waals surface area contributed by atoms with Crippen LogP contribution in [0.25, 0.3) is 6.08 Å². The number of carbonyl (C=O) groups is 5. The lowest BCUT2D eigenvalue weighted by Crippen LogP contribution is -2.69. The van der Waals surface area contributed by atoms with Gasteiger partial charge in [-0.2, -0.15) is 18.2 Å². The van der Waals surface area contributed by atoms with E-state index >= 15 is 0 Å². The number of rotatable bonds is 16. The van der Waals surface area contributed by atoms with Crippen molar-refractivity contribution in [2.24, 2.45) is 5.41 Å². The van der Waals surface area contributed by atoms with Gasteiger partial charge in [0.1, 0.15) is 35.4 Å². The van der Waals surface area contributed by atoms with Gasteiger partial charge in [0.15, 0.2) is 12.6 Å². The Morgan fingerprint density at radius 2 is 1.56 bits per heavy atom. The Morgan fingerprint density at radius 1 is 0.922 bits per heavy atom. The first-order valence-corrected chi connectivity index (χ1v) is 20.9. The van der Waals surface area contributed by atoms with Gasteiger partial charge in [-0.25, -0.2) is 4.79 Å². The van der Waals surface area contributed by atoms with Gasteiger partial charge >= 0.3 is 24.1 Å². The molecule has 3 saturated heterocycles. The molecule has 0 radical (unpaired) electrons. The van der Waals surface area contributed by atoms with Crippen LogP contribution in [0.3, 0.4) is 0 Å². The molecule has 1 aliphatic carbocycles. The van der Waals surface area contributed by atoms with Gasteiger partial charge < -0.3 is 39.4 Å². The summed E-state index contributed by atoms with van der Waals surface area (Å²) in [6.07, 6.45) is -6.51. The monoisotopic (exact) mass is 893 g/mol. The van der Waals surface area contributed by atoms with E-state index in [4.69, 9.17) is 23.8 Å². The fourth-order valence-electron chi connectivity index (χ4n) is 8.62. The SMILES string of the molecule is CC(C)(C)OC(=O)CC[C@@H](CO)NC(=O)CCNC(=O)[C@@]12C[C@H]3OC(=O)[C@@H]1N(Cc1ccc(C=CC(=O)OCC(F)(F)F)cc1)O[C@@H]2[C@H]1OC(c2ccccc2)(c2ccccc2)O[C@H]13. The second kappa shape index (κ2) is 18.8. The zero-order chi connectivity index (χ0) is 45.9. The van der Waals surface area contributed by atoms with E-state index in [2.05, 4.69) is 15.4 Å². The van der Waals surface area contributed by atoms with Crippen LogP contribution in [-0.4, -0.2) is 108 Å². The van der Waals surface area contributed by atoms with E-state index in [9.17, 15) is 42.3 Å². The first kappa shape index (κ1) is 46.3. The van der Waals surface area contributed by atoms with Crippen LogP contribution in [0.4, 0.5) is 13.2 Å². The molecule has 2 bridgehead atoms. The fourth-order valence-corrected chi connectivity index (χ4v) is 8.62. The van der Waals surface area contributed by atoms with Gasteiger partial charge in [-0.15, -0.1) is 0 Å². The number of nitrogens with one attached hydrogen (secondary N) is 2. The van der Waals surface area contributed by atoms with Crippen molar-refractivity contribution in [3.05, 3.63) is 113 Å². The highest BCUT2D eigenvalue weighted by molar-refractivity contribution is 5.94. The molecule has 3 N–H and O–H groups in total. The number of nitrogens with zero attached hydrogens (tertiary/aromatic N) is 1. The summed E-state index contributed by atoms with van der Waals surface area (Å²) in [5, 5.41) is 16.8. The van der Waals surface area contributed by atoms with Crippen molar-refractivity contribution in [1.29, 1.82) is 0 Å². The van der Waals surface area contributed by atoms with Crippen molar-refractivity contribution in [2.75, 3.05) is 19.8 Å². The summed E-state index contributed by atoms with van der Waals surface area (Å²) in [6.45, 7) is 2.87. The molecule has 4 aliphatic rings. The molecule has 3 aromatic rings. The zero-order valence-electron chi connectivity index (χ0n) is 35.4. The number of esters is 3. The maximum atomic E-state index is 14.8. The minimum atomic E-state index is -4.66. The lowest BCUT2D eigenvalue weighted by molar-refractivity contribution is -0.213. The third-order valence-corrected chi connectivity index (χ3v) is 11.3. The van der Waals surface area contributed by atoms with Gasteiger partial charge in [0.2, 0.25) is 17.6 Å². The van der Waals surface area contributed by atoms with Gasteiger partial charge in [0.25, 0.3) is 0 Å². The second-order valence-corrected chi connectivity index (χ2v) is 17.1. The molecule has 7 atom stereocenters. The number of alkyl halides is 3. The third-order valence-electron chi connectivity index (χ3n) is 11.3. The number of fused-ring (bicyclic) bond motifs is 4. The minimum Gasteiger partial charge on any atom is -0.460 e. The van der Waals surface area contributed by atoms with E-state index in [1.165, 1.54) is 11.1 Å². The fraction of sp³-hybridized carbons (Fsp3) is 0.457. The van der Waals surface area contributed by atoms with E-state index < -0.39 is 102 Å². The van der Waals surface area contributed by atoms with Crippen molar-refractivity contribution in [2.45, 2.75) is 107 Å². The number of ether oxygens (including phenoxy) is 5. The quantitative estimate of drug-likeness (QED) is 0.105. The van der Waals surface area contributed by atoms with E-state index in [-0.39, 0.29) is 38.8 Å². The Kier molecular flexibility index (Phi) is 13.6. The van der Waals surface area contributed by atoms with Crippen molar-refractivity contribution in [3.63, 3.8) is 0 Å². The van der Waals surface area contributed by atoms with Gasteiger partial charge in [0, 0.05) is 43.0 Å². The first-order chi connectivity index (χ1) is 30.4. The molecule has 64 heavy (non-hydrogen) atoms. The number of aliphatic hydroxyl groups excluding tert-OH is 1. The number of hydrogen-bond donors (Lipinski definition) is 3. The number of hydrogen-bond acceptors (Lipinski definition) is 13. The zero-order valence-corrected chi connectivity index (χ0v) is 35.4. The summed E-state index contributed by atoms with van der Waals surface area (Å²) in [6, 6.07) is 23.0. The molecule has 1 saturated carbocycles. The van der Waals surface area contributed by atoms with E-state index in [1.54, 1.807) is 45.0 Å². The number of carbonyl (C=O) groups excluding carboxylic acids is 5. The Labute approximate surface area is 367 Å². The molecule has 4 fully saturated rings. The van der Waals surface area contributed by atoms with Gasteiger partial charge in [-0.05, 0) is 44.4 Å². The lowest BCUT2D eigenvalue weighted by atomic mass is 9.62. The van der Waals surface area contributed by atoms with Crippen LogP contribution >= 0.6 is 0 Å². The Morgan fingerprint density at radius 3 is 2.17 bits per heavy atom. The normalized spacial score (nSPS) is 25.2. The molecule has 3 aromatic carbocycles. The Balaban J connectivity index is 1.12. The molecule has 3 aliphatic heterocycles. The topological polar surface area (TPSA) is 188 Å². The smallest absolute Gasteiger partial charge is 0.422 e. The summed E-state index contributed by atoms with van der Waals surface area (Å²) in [5.41, 5.74) is 0.0833. The summed E-state index contributed by atoms with van der Waals surface area (Å²) in [5.74, 6) is -4.95. The Bertz CT molecular complexity index is 2160. The summed E-state index contributed by atoms with van der Waals surface area (Å²) in [4.78, 5) is 72.8. The summed E-state index contributed by atoms with van der Waals surface area (Å²) >= 11 is 0. The molecule has 342 valence electrons. The number of aliphatic hydroxyl groups is 1. The van der Waals surface area contributed by atoms with Crippen LogP contribution in [0.1, 0.15) is 68.7 Å². The van der Waals surface area contributed by atoms with Crippen LogP contribution in [0.5, 0.6) is 0 Å². The molecular weight excluding hydrogens is 844 g/mol. The molecule has 0 spiro atoms. The molecular formula is C46H50F3N3O12. The molecule has 2 amide bonds. The van der Waals surface area contributed by atoms with Crippen LogP contribution in [0.2, 0.25) is 0 Å². The van der Waals surface area contributed by atoms with E-state index in [0.717, 1.165) is 6.08 Å². The third kappa shape index (κ3) is 10.2. The maximum absolute atomic E-state index is 14.8. The van der Waals surface area contributed by atoms with Crippen LogP contribution < -0.4 is 10.6 Å². The lowest BCUT2D eigenvalue weighted by Gasteiger charge is -2.48. The van der Waals surface area contributed by atoms with E-state index in [1.807, 2.05) is 60.7 Å². The average Bonchev–Trinajstić information content (AvgIpc) is 3.84. The van der Waals surface area contributed by atoms with Gasteiger partial charge in [-0.3, -0.25) is 24.0 Å². The highest BCUT2D eigenvalue weighted by atomic mass is 19.4. The first-order valence-electron chi connectivity index (χ1n) is 20.9. The molecule has 3 heterocycles. The summed E-state index contributed by atoms with van der Waals surface area (Å²) < 4.78 is 66.9. The van der Waals surface area contributed by atoms with Crippen molar-refractivity contribution >= 4 is 35.8 Å². The number of halogens is 3. The summed E-state index contributed by atoms with van der Waals surface area (Å²) in [7, 11) is 0. The average molecular weight is 894 g/mol. The maximum Gasteiger partial charge on any atom is 0.422 e. The van der Waals surface area contributed by atoms with Crippen LogP contribution in [-0.2, 0) is 64.8 Å². The Hall–Kier alpha value is -5.66. The van der Waals surface area contributed by atoms with Crippen LogP contribution in [0, 0.1) is 5.41 Å². The predicted molar refractivity (Wildman–Crippen MR) is 219 cm³/mol. The van der Waals surface area contributed by atoms with Gasteiger partial charge in [-0.1, -0.05) is 84.9 Å². The molecule has 7 rings (SSSR count). The molecule has 15 nitrogen and oxygen atoms in total. The predicted octanol–water partition coefficient (Wildman–Crippen LogP) is 4.40. The molecule has 18 heteroatoms. The highest BCUT2D eigenvalue weighted by Crippen LogP contribution is 2.59. The molecule has 0 aromatic heterocycles.